The first-order valence-corrected chi connectivity index (χ1v) is 18.1. The lowest BCUT2D eigenvalue weighted by molar-refractivity contribution is 1.18. The van der Waals surface area contributed by atoms with Crippen molar-refractivity contribution < 1.29 is 0 Å². The molecule has 0 aliphatic heterocycles. The SMILES string of the molecule is C=C/C=C\c1cc2ccccc2cc1-c1cccc(-c2nc(-c3ccc(-c4cncc5ccccc45)cc3)cc(-c3cccc(-c4ccccc4)c3)n2)c1. The van der Waals surface area contributed by atoms with Gasteiger partial charge in [0.25, 0.3) is 0 Å². The maximum absolute atomic E-state index is 5.24. The number of nitrogens with zero attached hydrogens (tertiary/aromatic N) is 3. The topological polar surface area (TPSA) is 38.7 Å². The molecule has 7 aromatic carbocycles. The third-order valence-corrected chi connectivity index (χ3v) is 9.91. The molecule has 0 radical (unpaired) electrons. The third-order valence-electron chi connectivity index (χ3n) is 9.91. The first-order chi connectivity index (χ1) is 26.7. The lowest BCUT2D eigenvalue weighted by atomic mass is 9.94. The molecule has 0 N–H and O–H groups in total. The van der Waals surface area contributed by atoms with E-state index in [-0.39, 0.29) is 0 Å². The standard InChI is InChI=1S/C51H35N3/c1-2-3-13-41-28-39-16-7-8-17-40(39)31-47(41)42-20-12-22-44(30-42)51-53-49(32-50(54-51)43-21-11-19-38(29-43)35-14-5-4-6-15-35)37-26-24-36(25-27-37)48-34-52-33-45-18-9-10-23-46(45)48/h2-34H,1H2/b13-3-. The second kappa shape index (κ2) is 14.4. The Balaban J connectivity index is 1.18. The van der Waals surface area contributed by atoms with Gasteiger partial charge in [-0.05, 0) is 79.9 Å². The Morgan fingerprint density at radius 3 is 1.81 bits per heavy atom. The molecule has 0 saturated carbocycles. The van der Waals surface area contributed by atoms with Crippen LogP contribution in [-0.2, 0) is 0 Å². The van der Waals surface area contributed by atoms with Crippen LogP contribution in [0.1, 0.15) is 5.56 Å². The summed E-state index contributed by atoms with van der Waals surface area (Å²) in [6, 6.07) is 59.7. The smallest absolute Gasteiger partial charge is 0.160 e. The predicted octanol–water partition coefficient (Wildman–Crippen LogP) is 13.4. The van der Waals surface area contributed by atoms with Crippen molar-refractivity contribution in [3.8, 4) is 67.3 Å². The maximum Gasteiger partial charge on any atom is 0.160 e. The summed E-state index contributed by atoms with van der Waals surface area (Å²) in [5, 5.41) is 4.69. The van der Waals surface area contributed by atoms with E-state index >= 15 is 0 Å². The van der Waals surface area contributed by atoms with Gasteiger partial charge in [-0.1, -0.05) is 164 Å². The number of fused-ring (bicyclic) bond motifs is 2. The van der Waals surface area contributed by atoms with E-state index in [4.69, 9.17) is 9.97 Å². The molecule has 9 aromatic rings. The lowest BCUT2D eigenvalue weighted by Crippen LogP contribution is -1.97. The molecule has 3 nitrogen and oxygen atoms in total. The summed E-state index contributed by atoms with van der Waals surface area (Å²) in [6.07, 6.45) is 9.78. The van der Waals surface area contributed by atoms with Gasteiger partial charge in [0, 0.05) is 40.0 Å². The van der Waals surface area contributed by atoms with E-state index in [0.717, 1.165) is 72.4 Å². The van der Waals surface area contributed by atoms with Crippen LogP contribution in [0.4, 0.5) is 0 Å². The van der Waals surface area contributed by atoms with Crippen molar-refractivity contribution in [2.75, 3.05) is 0 Å². The van der Waals surface area contributed by atoms with Crippen LogP contribution >= 0.6 is 0 Å². The fraction of sp³-hybridized carbons (Fsp3) is 0. The number of benzene rings is 7. The summed E-state index contributed by atoms with van der Waals surface area (Å²) in [4.78, 5) is 15.0. The minimum Gasteiger partial charge on any atom is -0.263 e. The van der Waals surface area contributed by atoms with Gasteiger partial charge < -0.3 is 0 Å². The van der Waals surface area contributed by atoms with Crippen LogP contribution in [-0.4, -0.2) is 15.0 Å². The first-order valence-electron chi connectivity index (χ1n) is 18.1. The normalized spacial score (nSPS) is 11.3. The highest BCUT2D eigenvalue weighted by molar-refractivity contribution is 5.96. The molecule has 0 aliphatic rings. The summed E-state index contributed by atoms with van der Waals surface area (Å²) < 4.78 is 0. The lowest BCUT2D eigenvalue weighted by Gasteiger charge is -2.13. The molecule has 3 heteroatoms. The second-order valence-electron chi connectivity index (χ2n) is 13.4. The number of aromatic nitrogens is 3. The van der Waals surface area contributed by atoms with E-state index in [1.54, 1.807) is 0 Å². The maximum atomic E-state index is 5.24. The molecule has 0 bridgehead atoms. The average Bonchev–Trinajstić information content (AvgIpc) is 3.25. The van der Waals surface area contributed by atoms with Crippen LogP contribution in [0.25, 0.3) is 94.9 Å². The van der Waals surface area contributed by atoms with Gasteiger partial charge >= 0.3 is 0 Å². The molecular weight excluding hydrogens is 655 g/mol. The number of hydrogen-bond acceptors (Lipinski definition) is 3. The van der Waals surface area contributed by atoms with Crippen molar-refractivity contribution in [3.05, 3.63) is 207 Å². The molecular formula is C51H35N3. The van der Waals surface area contributed by atoms with Crippen LogP contribution in [0.5, 0.6) is 0 Å². The zero-order valence-electron chi connectivity index (χ0n) is 29.6. The van der Waals surface area contributed by atoms with E-state index in [9.17, 15) is 0 Å². The van der Waals surface area contributed by atoms with E-state index in [2.05, 4.69) is 175 Å². The molecule has 254 valence electrons. The highest BCUT2D eigenvalue weighted by Crippen LogP contribution is 2.35. The van der Waals surface area contributed by atoms with Crippen molar-refractivity contribution in [2.45, 2.75) is 0 Å². The zero-order chi connectivity index (χ0) is 36.3. The van der Waals surface area contributed by atoms with Gasteiger partial charge in [0.1, 0.15) is 0 Å². The quantitative estimate of drug-likeness (QED) is 0.149. The molecule has 9 rings (SSSR count). The minimum absolute atomic E-state index is 0.667. The Labute approximate surface area is 315 Å². The summed E-state index contributed by atoms with van der Waals surface area (Å²) in [5.41, 5.74) is 12.6. The molecule has 0 spiro atoms. The predicted molar refractivity (Wildman–Crippen MR) is 227 cm³/mol. The average molecular weight is 690 g/mol. The molecule has 2 heterocycles. The Morgan fingerprint density at radius 2 is 1.02 bits per heavy atom. The highest BCUT2D eigenvalue weighted by Gasteiger charge is 2.14. The number of hydrogen-bond donors (Lipinski definition) is 0. The summed E-state index contributed by atoms with van der Waals surface area (Å²) in [5.74, 6) is 0.667. The number of allylic oxidation sites excluding steroid dienone is 2. The minimum atomic E-state index is 0.667. The Hall–Kier alpha value is -7.23. The van der Waals surface area contributed by atoms with Crippen molar-refractivity contribution >= 4 is 27.6 Å². The van der Waals surface area contributed by atoms with Gasteiger partial charge in [0.2, 0.25) is 0 Å². The molecule has 0 fully saturated rings. The molecule has 2 aromatic heterocycles. The van der Waals surface area contributed by atoms with Crippen molar-refractivity contribution in [1.82, 2.24) is 15.0 Å². The first kappa shape index (κ1) is 32.7. The molecule has 0 amide bonds. The zero-order valence-corrected chi connectivity index (χ0v) is 29.6. The van der Waals surface area contributed by atoms with Gasteiger partial charge in [0.05, 0.1) is 11.4 Å². The number of pyridine rings is 1. The van der Waals surface area contributed by atoms with Crippen molar-refractivity contribution in [1.29, 1.82) is 0 Å². The molecule has 0 saturated heterocycles. The summed E-state index contributed by atoms with van der Waals surface area (Å²) in [7, 11) is 0. The van der Waals surface area contributed by atoms with Gasteiger partial charge in [0.15, 0.2) is 5.82 Å². The van der Waals surface area contributed by atoms with Gasteiger partial charge in [-0.2, -0.15) is 0 Å². The van der Waals surface area contributed by atoms with E-state index in [0.29, 0.717) is 5.82 Å². The molecule has 0 atom stereocenters. The van der Waals surface area contributed by atoms with Gasteiger partial charge in [-0.15, -0.1) is 0 Å². The molecule has 0 aliphatic carbocycles. The second-order valence-corrected chi connectivity index (χ2v) is 13.4. The Bertz CT molecular complexity index is 2830. The van der Waals surface area contributed by atoms with Crippen LogP contribution in [0.2, 0.25) is 0 Å². The third kappa shape index (κ3) is 6.51. The van der Waals surface area contributed by atoms with Crippen LogP contribution in [0, 0.1) is 0 Å². The van der Waals surface area contributed by atoms with Gasteiger partial charge in [-0.25, -0.2) is 9.97 Å². The van der Waals surface area contributed by atoms with E-state index in [1.807, 2.05) is 36.7 Å². The van der Waals surface area contributed by atoms with Gasteiger partial charge in [-0.3, -0.25) is 4.98 Å². The Kier molecular flexibility index (Phi) is 8.72. The molecule has 54 heavy (non-hydrogen) atoms. The van der Waals surface area contributed by atoms with E-state index < -0.39 is 0 Å². The van der Waals surface area contributed by atoms with E-state index in [1.165, 1.54) is 16.2 Å². The fourth-order valence-electron chi connectivity index (χ4n) is 7.17. The van der Waals surface area contributed by atoms with Crippen molar-refractivity contribution in [3.63, 3.8) is 0 Å². The van der Waals surface area contributed by atoms with Crippen LogP contribution in [0.15, 0.2) is 201 Å². The summed E-state index contributed by atoms with van der Waals surface area (Å²) >= 11 is 0. The largest absolute Gasteiger partial charge is 0.263 e. The number of rotatable bonds is 8. The van der Waals surface area contributed by atoms with Crippen LogP contribution in [0.3, 0.4) is 0 Å². The molecule has 0 unspecified atom stereocenters. The Morgan fingerprint density at radius 1 is 0.407 bits per heavy atom. The summed E-state index contributed by atoms with van der Waals surface area (Å²) in [6.45, 7) is 3.91. The fourth-order valence-corrected chi connectivity index (χ4v) is 7.17. The van der Waals surface area contributed by atoms with Crippen LogP contribution < -0.4 is 0 Å². The van der Waals surface area contributed by atoms with Crippen molar-refractivity contribution in [2.24, 2.45) is 0 Å². The monoisotopic (exact) mass is 689 g/mol. The highest BCUT2D eigenvalue weighted by atomic mass is 14.9.